The lowest BCUT2D eigenvalue weighted by Gasteiger charge is -2.22. The second kappa shape index (κ2) is 7.74. The van der Waals surface area contributed by atoms with Gasteiger partial charge in [-0.15, -0.1) is 0 Å². The normalized spacial score (nSPS) is 12.6. The summed E-state index contributed by atoms with van der Waals surface area (Å²) in [5, 5.41) is 15.1. The van der Waals surface area contributed by atoms with Crippen LogP contribution in [0, 0.1) is 5.41 Å². The Morgan fingerprint density at radius 2 is 2.26 bits per heavy atom. The van der Waals surface area contributed by atoms with E-state index in [1.54, 1.807) is 6.20 Å². The van der Waals surface area contributed by atoms with Gasteiger partial charge >= 0.3 is 0 Å². The molecule has 5 heteroatoms. The first-order chi connectivity index (χ1) is 9.06. The van der Waals surface area contributed by atoms with E-state index in [-0.39, 0.29) is 5.41 Å². The van der Waals surface area contributed by atoms with Crippen molar-refractivity contribution < 1.29 is 5.21 Å². The highest BCUT2D eigenvalue weighted by molar-refractivity contribution is 5.85. The molecule has 5 nitrogen and oxygen atoms in total. The van der Waals surface area contributed by atoms with Gasteiger partial charge in [0.15, 0.2) is 0 Å². The highest BCUT2D eigenvalue weighted by Crippen LogP contribution is 2.23. The maximum Gasteiger partial charge on any atom is 0.144 e. The summed E-state index contributed by atoms with van der Waals surface area (Å²) < 4.78 is 0. The van der Waals surface area contributed by atoms with Gasteiger partial charge in [0.2, 0.25) is 0 Å². The minimum absolute atomic E-state index is 0.238. The molecule has 0 aliphatic rings. The van der Waals surface area contributed by atoms with E-state index in [1.807, 2.05) is 26.1 Å². The fourth-order valence-corrected chi connectivity index (χ4v) is 1.82. The minimum Gasteiger partial charge on any atom is -0.409 e. The zero-order valence-electron chi connectivity index (χ0n) is 11.8. The van der Waals surface area contributed by atoms with Crippen LogP contribution < -0.4 is 11.1 Å². The highest BCUT2D eigenvalue weighted by Gasteiger charge is 2.22. The summed E-state index contributed by atoms with van der Waals surface area (Å²) in [7, 11) is 0. The van der Waals surface area contributed by atoms with Gasteiger partial charge in [0.25, 0.3) is 0 Å². The highest BCUT2D eigenvalue weighted by atomic mass is 16.4. The number of nitrogens with two attached hydrogens (primary N) is 1. The molecule has 0 fully saturated rings. The fraction of sp³-hybridized carbons (Fsp3) is 0.571. The van der Waals surface area contributed by atoms with Gasteiger partial charge in [-0.05, 0) is 31.0 Å². The van der Waals surface area contributed by atoms with Crippen LogP contribution in [0.5, 0.6) is 0 Å². The number of aromatic nitrogens is 1. The Labute approximate surface area is 114 Å². The molecule has 0 amide bonds. The molecule has 0 saturated carbocycles. The predicted octanol–water partition coefficient (Wildman–Crippen LogP) is 2.11. The van der Waals surface area contributed by atoms with Crippen LogP contribution in [0.1, 0.15) is 38.7 Å². The molecule has 0 radical (unpaired) electrons. The molecule has 1 aromatic rings. The van der Waals surface area contributed by atoms with Crippen molar-refractivity contribution in [2.75, 3.05) is 6.54 Å². The number of pyridine rings is 1. The van der Waals surface area contributed by atoms with Crippen LogP contribution in [-0.2, 0) is 6.54 Å². The minimum atomic E-state index is -0.238. The average molecular weight is 264 g/mol. The third kappa shape index (κ3) is 5.70. The Morgan fingerprint density at radius 3 is 2.89 bits per heavy atom. The van der Waals surface area contributed by atoms with Crippen molar-refractivity contribution in [2.24, 2.45) is 16.3 Å². The monoisotopic (exact) mass is 264 g/mol. The second-order valence-corrected chi connectivity index (χ2v) is 5.36. The Balaban J connectivity index is 2.12. The van der Waals surface area contributed by atoms with E-state index in [2.05, 4.69) is 21.5 Å². The zero-order valence-corrected chi connectivity index (χ0v) is 11.8. The second-order valence-electron chi connectivity index (χ2n) is 5.36. The molecule has 19 heavy (non-hydrogen) atoms. The van der Waals surface area contributed by atoms with Crippen LogP contribution in [-0.4, -0.2) is 22.6 Å². The van der Waals surface area contributed by atoms with Gasteiger partial charge in [0, 0.05) is 24.4 Å². The smallest absolute Gasteiger partial charge is 0.144 e. The SMILES string of the molecule is CC(C)(CCCCNCc1cccnc1)/C(N)=N/O. The first kappa shape index (κ1) is 15.4. The molecule has 0 aromatic carbocycles. The molecule has 106 valence electrons. The van der Waals surface area contributed by atoms with Crippen molar-refractivity contribution in [3.8, 4) is 0 Å². The molecule has 1 rings (SSSR count). The van der Waals surface area contributed by atoms with Gasteiger partial charge < -0.3 is 16.3 Å². The summed E-state index contributed by atoms with van der Waals surface area (Å²) in [5.41, 5.74) is 6.60. The van der Waals surface area contributed by atoms with E-state index in [0.29, 0.717) is 5.84 Å². The Bertz CT molecular complexity index is 390. The van der Waals surface area contributed by atoms with Gasteiger partial charge in [-0.3, -0.25) is 4.98 Å². The predicted molar refractivity (Wildman–Crippen MR) is 77.0 cm³/mol. The lowest BCUT2D eigenvalue weighted by molar-refractivity contribution is 0.304. The van der Waals surface area contributed by atoms with E-state index < -0.39 is 0 Å². The lowest BCUT2D eigenvalue weighted by atomic mass is 9.86. The molecule has 1 aromatic heterocycles. The molecule has 0 atom stereocenters. The van der Waals surface area contributed by atoms with E-state index in [1.165, 1.54) is 5.56 Å². The van der Waals surface area contributed by atoms with Crippen molar-refractivity contribution in [1.82, 2.24) is 10.3 Å². The van der Waals surface area contributed by atoms with Gasteiger partial charge in [-0.2, -0.15) is 0 Å². The van der Waals surface area contributed by atoms with Crippen molar-refractivity contribution in [2.45, 2.75) is 39.7 Å². The number of nitrogens with one attached hydrogen (secondary N) is 1. The Hall–Kier alpha value is -1.62. The summed E-state index contributed by atoms with van der Waals surface area (Å²) in [5.74, 6) is 0.302. The summed E-state index contributed by atoms with van der Waals surface area (Å²) in [6.45, 7) is 5.79. The number of rotatable bonds is 8. The number of oxime groups is 1. The largest absolute Gasteiger partial charge is 0.409 e. The van der Waals surface area contributed by atoms with Gasteiger partial charge in [-0.1, -0.05) is 31.5 Å². The van der Waals surface area contributed by atoms with E-state index in [4.69, 9.17) is 10.9 Å². The lowest BCUT2D eigenvalue weighted by Crippen LogP contribution is -2.32. The van der Waals surface area contributed by atoms with Crippen LogP contribution in [0.15, 0.2) is 29.7 Å². The third-order valence-electron chi connectivity index (χ3n) is 3.26. The van der Waals surface area contributed by atoms with Crippen molar-refractivity contribution >= 4 is 5.84 Å². The number of nitrogens with zero attached hydrogens (tertiary/aromatic N) is 2. The van der Waals surface area contributed by atoms with Crippen molar-refractivity contribution in [1.29, 1.82) is 0 Å². The van der Waals surface area contributed by atoms with E-state index in [9.17, 15) is 0 Å². The number of amidine groups is 1. The Kier molecular flexibility index (Phi) is 6.29. The summed E-state index contributed by atoms with van der Waals surface area (Å²) in [6, 6.07) is 4.00. The van der Waals surface area contributed by atoms with Gasteiger partial charge in [-0.25, -0.2) is 0 Å². The average Bonchev–Trinajstić information content (AvgIpc) is 2.42. The fourth-order valence-electron chi connectivity index (χ4n) is 1.82. The zero-order chi connectivity index (χ0) is 14.1. The molecule has 0 aliphatic heterocycles. The quantitative estimate of drug-likeness (QED) is 0.221. The molecule has 0 unspecified atom stereocenters. The van der Waals surface area contributed by atoms with E-state index >= 15 is 0 Å². The number of unbranched alkanes of at least 4 members (excludes halogenated alkanes) is 1. The standard InChI is InChI=1S/C14H24N4O/c1-14(2,13(15)18-19)7-3-4-8-16-10-12-6-5-9-17-11-12/h5-6,9,11,16,19H,3-4,7-8,10H2,1-2H3,(H2,15,18). The molecular formula is C14H24N4O. The van der Waals surface area contributed by atoms with Crippen LogP contribution in [0.2, 0.25) is 0 Å². The molecule has 4 N–H and O–H groups in total. The number of hydrogen-bond acceptors (Lipinski definition) is 4. The maximum atomic E-state index is 8.68. The third-order valence-corrected chi connectivity index (χ3v) is 3.26. The van der Waals surface area contributed by atoms with Crippen LogP contribution in [0.25, 0.3) is 0 Å². The topological polar surface area (TPSA) is 83.5 Å². The first-order valence-corrected chi connectivity index (χ1v) is 6.64. The van der Waals surface area contributed by atoms with Crippen LogP contribution in [0.4, 0.5) is 0 Å². The van der Waals surface area contributed by atoms with Crippen LogP contribution in [0.3, 0.4) is 0 Å². The molecule has 0 saturated heterocycles. The first-order valence-electron chi connectivity index (χ1n) is 6.64. The van der Waals surface area contributed by atoms with Gasteiger partial charge in [0.1, 0.15) is 5.84 Å². The Morgan fingerprint density at radius 1 is 1.47 bits per heavy atom. The van der Waals surface area contributed by atoms with Crippen LogP contribution >= 0.6 is 0 Å². The molecule has 0 spiro atoms. The summed E-state index contributed by atoms with van der Waals surface area (Å²) in [4.78, 5) is 4.07. The van der Waals surface area contributed by atoms with E-state index in [0.717, 1.165) is 32.4 Å². The molecule has 0 aliphatic carbocycles. The molecule has 1 heterocycles. The number of hydrogen-bond donors (Lipinski definition) is 3. The van der Waals surface area contributed by atoms with Crippen molar-refractivity contribution in [3.05, 3.63) is 30.1 Å². The maximum absolute atomic E-state index is 8.68. The van der Waals surface area contributed by atoms with Gasteiger partial charge in [0.05, 0.1) is 0 Å². The summed E-state index contributed by atoms with van der Waals surface area (Å²) >= 11 is 0. The molecule has 0 bridgehead atoms. The summed E-state index contributed by atoms with van der Waals surface area (Å²) in [6.07, 6.45) is 6.68. The van der Waals surface area contributed by atoms with Crippen molar-refractivity contribution in [3.63, 3.8) is 0 Å². The molecular weight excluding hydrogens is 240 g/mol.